The van der Waals surface area contributed by atoms with Crippen molar-refractivity contribution >= 4 is 23.9 Å². The standard InChI is InChI=1S/C31H51N3O6/c1-10-11-12-13-14-17-34(29(37)25(18-21(2)3)33-30(38)40-31(6,7)8)27(28(36)32-20-26(35)39-9)24-19-22(4)15-16-23(24)5/h15-16,19,21,25,27H,10-14,17-18,20H2,1-9H3,(H,32,36)(H,33,38). The lowest BCUT2D eigenvalue weighted by atomic mass is 9.94. The predicted molar refractivity (Wildman–Crippen MR) is 157 cm³/mol. The maximum absolute atomic E-state index is 14.3. The Bertz CT molecular complexity index is 986. The highest BCUT2D eigenvalue weighted by atomic mass is 16.6. The Balaban J connectivity index is 3.56. The molecule has 0 heterocycles. The van der Waals surface area contributed by atoms with E-state index in [0.29, 0.717) is 24.9 Å². The van der Waals surface area contributed by atoms with Crippen LogP contribution in [0.2, 0.25) is 0 Å². The largest absolute Gasteiger partial charge is 0.468 e. The summed E-state index contributed by atoms with van der Waals surface area (Å²) in [5.74, 6) is -1.35. The van der Waals surface area contributed by atoms with Gasteiger partial charge in [0, 0.05) is 6.54 Å². The van der Waals surface area contributed by atoms with Gasteiger partial charge in [-0.25, -0.2) is 4.79 Å². The number of carbonyl (C=O) groups is 4. The average Bonchev–Trinajstić information content (AvgIpc) is 2.85. The fourth-order valence-corrected chi connectivity index (χ4v) is 4.43. The number of aryl methyl sites for hydroxylation is 2. The Labute approximate surface area is 240 Å². The van der Waals surface area contributed by atoms with Gasteiger partial charge in [-0.1, -0.05) is 70.2 Å². The first kappa shape index (κ1) is 34.9. The van der Waals surface area contributed by atoms with Crippen LogP contribution in [0.5, 0.6) is 0 Å². The lowest BCUT2D eigenvalue weighted by Gasteiger charge is -2.35. The van der Waals surface area contributed by atoms with E-state index in [1.54, 1.807) is 25.7 Å². The number of unbranched alkanes of at least 4 members (excludes halogenated alkanes) is 4. The first-order valence-corrected chi connectivity index (χ1v) is 14.4. The fourth-order valence-electron chi connectivity index (χ4n) is 4.43. The van der Waals surface area contributed by atoms with Crippen molar-refractivity contribution in [2.45, 2.75) is 112 Å². The van der Waals surface area contributed by atoms with Gasteiger partial charge in [0.1, 0.15) is 24.2 Å². The van der Waals surface area contributed by atoms with Crippen LogP contribution in [0.15, 0.2) is 18.2 Å². The van der Waals surface area contributed by atoms with E-state index in [4.69, 9.17) is 9.47 Å². The lowest BCUT2D eigenvalue weighted by molar-refractivity contribution is -0.145. The molecule has 0 fully saturated rings. The maximum atomic E-state index is 14.3. The molecule has 1 aromatic carbocycles. The molecule has 2 N–H and O–H groups in total. The summed E-state index contributed by atoms with van der Waals surface area (Å²) in [5.41, 5.74) is 1.72. The summed E-state index contributed by atoms with van der Waals surface area (Å²) in [7, 11) is 1.25. The highest BCUT2D eigenvalue weighted by Crippen LogP contribution is 2.28. The van der Waals surface area contributed by atoms with Gasteiger partial charge in [0.15, 0.2) is 0 Å². The monoisotopic (exact) mass is 561 g/mol. The minimum atomic E-state index is -1.00. The van der Waals surface area contributed by atoms with Crippen LogP contribution >= 0.6 is 0 Å². The summed E-state index contributed by atoms with van der Waals surface area (Å²) in [5, 5.41) is 5.43. The van der Waals surface area contributed by atoms with Crippen molar-refractivity contribution < 1.29 is 28.7 Å². The number of ether oxygens (including phenoxy) is 2. The van der Waals surface area contributed by atoms with Crippen LogP contribution in [0.1, 0.15) is 103 Å². The van der Waals surface area contributed by atoms with E-state index in [1.165, 1.54) is 7.11 Å². The topological polar surface area (TPSA) is 114 Å². The summed E-state index contributed by atoms with van der Waals surface area (Å²) in [6.45, 7) is 15.2. The molecule has 2 atom stereocenters. The van der Waals surface area contributed by atoms with E-state index < -0.39 is 35.7 Å². The van der Waals surface area contributed by atoms with Gasteiger partial charge in [0.25, 0.3) is 0 Å². The van der Waals surface area contributed by atoms with Gasteiger partial charge in [-0.05, 0) is 64.5 Å². The van der Waals surface area contributed by atoms with Crippen LogP contribution < -0.4 is 10.6 Å². The third-order valence-corrected chi connectivity index (χ3v) is 6.41. The first-order valence-electron chi connectivity index (χ1n) is 14.4. The van der Waals surface area contributed by atoms with Crippen molar-refractivity contribution in [3.63, 3.8) is 0 Å². The smallest absolute Gasteiger partial charge is 0.408 e. The molecule has 9 nitrogen and oxygen atoms in total. The number of benzene rings is 1. The van der Waals surface area contributed by atoms with Crippen LogP contribution in [0.4, 0.5) is 4.79 Å². The Morgan fingerprint density at radius 3 is 2.23 bits per heavy atom. The molecule has 0 radical (unpaired) electrons. The van der Waals surface area contributed by atoms with E-state index in [2.05, 4.69) is 17.6 Å². The summed E-state index contributed by atoms with van der Waals surface area (Å²) in [4.78, 5) is 54.2. The van der Waals surface area contributed by atoms with E-state index in [-0.39, 0.29) is 18.4 Å². The Morgan fingerprint density at radius 2 is 1.65 bits per heavy atom. The van der Waals surface area contributed by atoms with E-state index in [9.17, 15) is 19.2 Å². The predicted octanol–water partition coefficient (Wildman–Crippen LogP) is 5.37. The number of hydrogen-bond acceptors (Lipinski definition) is 6. The van der Waals surface area contributed by atoms with Crippen molar-refractivity contribution in [1.82, 2.24) is 15.5 Å². The molecule has 226 valence electrons. The van der Waals surface area contributed by atoms with Gasteiger partial charge < -0.3 is 25.0 Å². The second-order valence-corrected chi connectivity index (χ2v) is 11.8. The second-order valence-electron chi connectivity index (χ2n) is 11.8. The average molecular weight is 562 g/mol. The second kappa shape index (κ2) is 16.9. The molecule has 3 amide bonds. The maximum Gasteiger partial charge on any atom is 0.408 e. The molecule has 1 rings (SSSR count). The number of nitrogens with zero attached hydrogens (tertiary/aromatic N) is 1. The van der Waals surface area contributed by atoms with Crippen molar-refractivity contribution in [1.29, 1.82) is 0 Å². The molecular formula is C31H51N3O6. The molecule has 0 bridgehead atoms. The highest BCUT2D eigenvalue weighted by molar-refractivity contribution is 5.93. The molecule has 0 saturated heterocycles. The van der Waals surface area contributed by atoms with E-state index in [0.717, 1.165) is 36.8 Å². The number of methoxy groups -OCH3 is 1. The molecule has 0 aliphatic carbocycles. The number of carbonyl (C=O) groups excluding carboxylic acids is 4. The van der Waals surface area contributed by atoms with Gasteiger partial charge in [0.2, 0.25) is 11.8 Å². The zero-order valence-corrected chi connectivity index (χ0v) is 26.0. The molecule has 0 aliphatic heterocycles. The van der Waals surface area contributed by atoms with Crippen molar-refractivity contribution in [3.8, 4) is 0 Å². The number of nitrogens with one attached hydrogen (secondary N) is 2. The summed E-state index contributed by atoms with van der Waals surface area (Å²) in [6.07, 6.45) is 4.46. The molecule has 0 saturated carbocycles. The zero-order valence-electron chi connectivity index (χ0n) is 26.0. The van der Waals surface area contributed by atoms with Crippen LogP contribution in [0.25, 0.3) is 0 Å². The van der Waals surface area contributed by atoms with Gasteiger partial charge in [-0.3, -0.25) is 14.4 Å². The Kier molecular flexibility index (Phi) is 14.7. The van der Waals surface area contributed by atoms with Crippen LogP contribution in [-0.4, -0.2) is 60.6 Å². The van der Waals surface area contributed by atoms with Crippen molar-refractivity contribution in [2.75, 3.05) is 20.2 Å². The zero-order chi connectivity index (χ0) is 30.5. The molecule has 0 spiro atoms. The van der Waals surface area contributed by atoms with Gasteiger partial charge >= 0.3 is 12.1 Å². The first-order chi connectivity index (χ1) is 18.7. The molecule has 2 unspecified atom stereocenters. The van der Waals surface area contributed by atoms with E-state index in [1.807, 2.05) is 45.9 Å². The molecule has 1 aromatic rings. The summed E-state index contributed by atoms with van der Waals surface area (Å²) < 4.78 is 10.2. The van der Waals surface area contributed by atoms with Gasteiger partial charge in [0.05, 0.1) is 7.11 Å². The van der Waals surface area contributed by atoms with E-state index >= 15 is 0 Å². The molecule has 40 heavy (non-hydrogen) atoms. The van der Waals surface area contributed by atoms with Gasteiger partial charge in [-0.2, -0.15) is 0 Å². The summed E-state index contributed by atoms with van der Waals surface area (Å²) >= 11 is 0. The molecule has 9 heteroatoms. The normalized spacial score (nSPS) is 12.8. The number of hydrogen-bond donors (Lipinski definition) is 2. The lowest BCUT2D eigenvalue weighted by Crippen LogP contribution is -2.54. The van der Waals surface area contributed by atoms with Gasteiger partial charge in [-0.15, -0.1) is 0 Å². The minimum absolute atomic E-state index is 0.0857. The van der Waals surface area contributed by atoms with Crippen molar-refractivity contribution in [2.24, 2.45) is 5.92 Å². The quantitative estimate of drug-likeness (QED) is 0.220. The Morgan fingerprint density at radius 1 is 1.00 bits per heavy atom. The third kappa shape index (κ3) is 12.4. The SMILES string of the molecule is CCCCCCCN(C(=O)C(CC(C)C)NC(=O)OC(C)(C)C)C(C(=O)NCC(=O)OC)c1cc(C)ccc1C. The number of rotatable bonds is 15. The van der Waals surface area contributed by atoms with Crippen molar-refractivity contribution in [3.05, 3.63) is 34.9 Å². The molecule has 0 aliphatic rings. The van der Waals surface area contributed by atoms with Crippen LogP contribution in [-0.2, 0) is 23.9 Å². The molecule has 0 aromatic heterocycles. The minimum Gasteiger partial charge on any atom is -0.468 e. The number of alkyl carbamates (subject to hydrolysis) is 1. The number of esters is 1. The Hall–Kier alpha value is -3.10. The highest BCUT2D eigenvalue weighted by Gasteiger charge is 2.37. The number of amides is 3. The fraction of sp³-hybridized carbons (Fsp3) is 0.677. The third-order valence-electron chi connectivity index (χ3n) is 6.41. The summed E-state index contributed by atoms with van der Waals surface area (Å²) in [6, 6.07) is 3.86. The van der Waals surface area contributed by atoms with Crippen LogP contribution in [0.3, 0.4) is 0 Å². The molecular weight excluding hydrogens is 510 g/mol. The van der Waals surface area contributed by atoms with Crippen LogP contribution in [0, 0.1) is 19.8 Å².